The Hall–Kier alpha value is -3.39. The van der Waals surface area contributed by atoms with E-state index in [1.165, 1.54) is 25.3 Å². The summed E-state index contributed by atoms with van der Waals surface area (Å²) in [4.78, 5) is 39.9. The van der Waals surface area contributed by atoms with E-state index < -0.39 is 95.7 Å². The van der Waals surface area contributed by atoms with Gasteiger partial charge < -0.3 is 45.1 Å². The zero-order chi connectivity index (χ0) is 29.1. The van der Waals surface area contributed by atoms with Gasteiger partial charge in [-0.1, -0.05) is 12.1 Å². The quantitative estimate of drug-likeness (QED) is 0.227. The minimum absolute atomic E-state index is 0.0435. The maximum Gasteiger partial charge on any atom is 0.202 e. The Morgan fingerprint density at radius 1 is 1.15 bits per heavy atom. The summed E-state index contributed by atoms with van der Waals surface area (Å²) in [6.45, 7) is 0.631. The smallest absolute Gasteiger partial charge is 0.202 e. The second-order valence-electron chi connectivity index (χ2n) is 10.4. The molecule has 0 radical (unpaired) electrons. The summed E-state index contributed by atoms with van der Waals surface area (Å²) in [5, 5.41) is 57.1. The van der Waals surface area contributed by atoms with Crippen LogP contribution in [0.4, 0.5) is 0 Å². The number of carbonyl (C=O) groups excluding carboxylic acids is 3. The number of rotatable bonds is 6. The van der Waals surface area contributed by atoms with Crippen LogP contribution in [0.5, 0.6) is 17.2 Å². The number of phenolic OH excluding ortho intramolecular Hbond substituents is 2. The normalized spacial score (nSPS) is 29.4. The van der Waals surface area contributed by atoms with Crippen molar-refractivity contribution in [3.8, 4) is 17.2 Å². The molecule has 6 N–H and O–H groups in total. The average Bonchev–Trinajstić information content (AvgIpc) is 2.94. The molecule has 5 rings (SSSR count). The molecule has 2 aromatic rings. The highest BCUT2D eigenvalue weighted by Crippen LogP contribution is 2.52. The zero-order valence-corrected chi connectivity index (χ0v) is 22.1. The molecule has 1 unspecified atom stereocenters. The van der Waals surface area contributed by atoms with Gasteiger partial charge in [0.25, 0.3) is 0 Å². The number of Topliss-reactive ketones (excluding diaryl/α,β-unsaturated/α-hetero) is 1. The maximum absolute atomic E-state index is 13.7. The predicted octanol–water partition coefficient (Wildman–Crippen LogP) is 0.262. The van der Waals surface area contributed by atoms with Crippen molar-refractivity contribution in [3.05, 3.63) is 51.6 Å². The lowest BCUT2D eigenvalue weighted by atomic mass is 9.72. The van der Waals surface area contributed by atoms with Crippen molar-refractivity contribution in [2.45, 2.75) is 62.4 Å². The number of aliphatic hydroxyl groups excluding tert-OH is 2. The Balaban J connectivity index is 1.68. The Bertz CT molecular complexity index is 1410. The number of aromatic hydroxyl groups is 2. The fourth-order valence-electron chi connectivity index (χ4n) is 6.00. The van der Waals surface area contributed by atoms with Gasteiger partial charge in [0.15, 0.2) is 17.9 Å². The van der Waals surface area contributed by atoms with Crippen LogP contribution in [0.2, 0.25) is 0 Å². The van der Waals surface area contributed by atoms with Crippen molar-refractivity contribution in [3.63, 3.8) is 0 Å². The van der Waals surface area contributed by atoms with Crippen molar-refractivity contribution in [2.75, 3.05) is 20.8 Å². The van der Waals surface area contributed by atoms with Crippen LogP contribution in [0.25, 0.3) is 0 Å². The predicted molar refractivity (Wildman–Crippen MR) is 137 cm³/mol. The van der Waals surface area contributed by atoms with Gasteiger partial charge in [0.1, 0.15) is 29.5 Å². The molecule has 1 fully saturated rings. The fraction of sp³-hybridized carbons (Fsp3) is 0.464. The van der Waals surface area contributed by atoms with Crippen molar-refractivity contribution in [1.29, 1.82) is 0 Å². The molecule has 0 saturated carbocycles. The number of benzene rings is 2. The van der Waals surface area contributed by atoms with Crippen LogP contribution in [-0.2, 0) is 20.7 Å². The molecule has 6 atom stereocenters. The monoisotopic (exact) mass is 557 g/mol. The van der Waals surface area contributed by atoms with Crippen LogP contribution >= 0.6 is 0 Å². The van der Waals surface area contributed by atoms with E-state index in [1.807, 2.05) is 0 Å². The average molecular weight is 558 g/mol. The second kappa shape index (κ2) is 10.2. The van der Waals surface area contributed by atoms with Crippen molar-refractivity contribution in [1.82, 2.24) is 5.32 Å². The van der Waals surface area contributed by atoms with E-state index in [2.05, 4.69) is 5.32 Å². The number of hydrogen-bond donors (Lipinski definition) is 6. The molecule has 0 spiro atoms. The van der Waals surface area contributed by atoms with Gasteiger partial charge in [-0.25, -0.2) is 0 Å². The molecule has 12 nitrogen and oxygen atoms in total. The van der Waals surface area contributed by atoms with Gasteiger partial charge in [-0.05, 0) is 20.0 Å². The molecule has 1 heterocycles. The maximum atomic E-state index is 13.7. The van der Waals surface area contributed by atoms with Crippen LogP contribution in [-0.4, -0.2) is 93.8 Å². The summed E-state index contributed by atoms with van der Waals surface area (Å²) in [6, 6.07) is 3.96. The summed E-state index contributed by atoms with van der Waals surface area (Å²) >= 11 is 0. The number of carbonyl (C=O) groups is 3. The largest absolute Gasteiger partial charge is 0.507 e. The molecule has 1 saturated heterocycles. The number of ketones is 3. The third-order valence-electron chi connectivity index (χ3n) is 8.13. The van der Waals surface area contributed by atoms with Crippen LogP contribution in [0, 0.1) is 0 Å². The zero-order valence-electron chi connectivity index (χ0n) is 22.1. The highest BCUT2D eigenvalue weighted by molar-refractivity contribution is 6.31. The highest BCUT2D eigenvalue weighted by atomic mass is 16.7. The van der Waals surface area contributed by atoms with Crippen LogP contribution in [0.1, 0.15) is 68.8 Å². The molecule has 2 aromatic carbocycles. The molecule has 12 heteroatoms. The number of fused-ring (bicyclic) bond motifs is 3. The molecular formula is C28H31NO11. The van der Waals surface area contributed by atoms with E-state index >= 15 is 0 Å². The van der Waals surface area contributed by atoms with Crippen molar-refractivity contribution in [2.24, 2.45) is 0 Å². The third-order valence-corrected chi connectivity index (χ3v) is 8.13. The van der Waals surface area contributed by atoms with Crippen molar-refractivity contribution >= 4 is 17.3 Å². The first-order valence-corrected chi connectivity index (χ1v) is 12.9. The molecule has 3 aliphatic rings. The van der Waals surface area contributed by atoms with Gasteiger partial charge in [-0.3, -0.25) is 14.4 Å². The first-order valence-electron chi connectivity index (χ1n) is 12.9. The molecule has 0 aromatic heterocycles. The number of nitrogens with one attached hydrogen (secondary N) is 1. The van der Waals surface area contributed by atoms with Crippen molar-refractivity contribution < 1.29 is 54.1 Å². The number of phenols is 2. The summed E-state index contributed by atoms with van der Waals surface area (Å²) in [5.41, 5.74) is -3.52. The Kier molecular flexibility index (Phi) is 7.19. The first kappa shape index (κ1) is 28.1. The lowest BCUT2D eigenvalue weighted by molar-refractivity contribution is -0.249. The Morgan fingerprint density at radius 2 is 1.85 bits per heavy atom. The minimum Gasteiger partial charge on any atom is -0.507 e. The number of aliphatic hydroxyl groups is 3. The molecule has 0 bridgehead atoms. The molecule has 214 valence electrons. The van der Waals surface area contributed by atoms with Crippen LogP contribution in [0.15, 0.2) is 18.2 Å². The highest BCUT2D eigenvalue weighted by Gasteiger charge is 2.50. The molecule has 0 amide bonds. The number of likely N-dealkylation sites (N-methyl/N-ethyl adjacent to an activating group) is 1. The summed E-state index contributed by atoms with van der Waals surface area (Å²) in [5.74, 6) is -3.69. The molecule has 1 aliphatic heterocycles. The number of methoxy groups -OCH3 is 1. The van der Waals surface area contributed by atoms with Gasteiger partial charge in [0.2, 0.25) is 5.78 Å². The van der Waals surface area contributed by atoms with Gasteiger partial charge in [-0.15, -0.1) is 0 Å². The van der Waals surface area contributed by atoms with E-state index in [0.717, 1.165) is 0 Å². The standard InChI is InChI=1S/C28H31NO11/c1-11-23(32)14(29-2)7-18(39-11)40-16-9-28(37,17(31)10-30)8-13-20(16)27(36)22-21(25(13)34)24(33)12-5-4-6-15(38-3)19(12)26(22)35/h4-6,11,14,16,18,23,29-30,32,34,36-37H,7-10H2,1-3H3/t11-,14-,16+,18?,23+,28-/m0/s1. The van der Waals surface area contributed by atoms with Gasteiger partial charge >= 0.3 is 0 Å². The summed E-state index contributed by atoms with van der Waals surface area (Å²) in [7, 11) is 2.99. The Morgan fingerprint density at radius 3 is 2.50 bits per heavy atom. The molecule has 2 aliphatic carbocycles. The Labute approximate surface area is 229 Å². The lowest BCUT2D eigenvalue weighted by Crippen LogP contribution is -2.53. The van der Waals surface area contributed by atoms with E-state index in [4.69, 9.17) is 14.2 Å². The van der Waals surface area contributed by atoms with E-state index in [-0.39, 0.29) is 34.4 Å². The number of hydrogen-bond acceptors (Lipinski definition) is 12. The third kappa shape index (κ3) is 4.19. The van der Waals surface area contributed by atoms with Gasteiger partial charge in [0.05, 0.1) is 42.1 Å². The van der Waals surface area contributed by atoms with E-state index in [1.54, 1.807) is 14.0 Å². The summed E-state index contributed by atoms with van der Waals surface area (Å²) < 4.78 is 17.2. The molecular weight excluding hydrogens is 526 g/mol. The fourth-order valence-corrected chi connectivity index (χ4v) is 6.00. The topological polar surface area (TPSA) is 192 Å². The van der Waals surface area contributed by atoms with Crippen LogP contribution < -0.4 is 10.1 Å². The number of ether oxygens (including phenoxy) is 3. The second-order valence-corrected chi connectivity index (χ2v) is 10.4. The van der Waals surface area contributed by atoms with Crippen LogP contribution in [0.3, 0.4) is 0 Å². The van der Waals surface area contributed by atoms with Gasteiger partial charge in [0, 0.05) is 42.0 Å². The van der Waals surface area contributed by atoms with Gasteiger partial charge in [-0.2, -0.15) is 0 Å². The molecule has 40 heavy (non-hydrogen) atoms. The minimum atomic E-state index is -2.23. The van der Waals surface area contributed by atoms with E-state index in [0.29, 0.717) is 0 Å². The summed E-state index contributed by atoms with van der Waals surface area (Å²) in [6.07, 6.45) is -4.66. The lowest BCUT2D eigenvalue weighted by Gasteiger charge is -2.42. The first-order chi connectivity index (χ1) is 19.0. The SMILES string of the molecule is CN[C@H]1CC(O[C@@H]2C[C@](O)(C(=O)CO)Cc3c(O)c4c(c(O)c32)C(=O)c2c(OC)cccc2C4=O)O[C@@H](C)[C@H]1O. The van der Waals surface area contributed by atoms with E-state index in [9.17, 15) is 39.9 Å².